The second-order valence-corrected chi connectivity index (χ2v) is 4.60. The highest BCUT2D eigenvalue weighted by Crippen LogP contribution is 2.20. The van der Waals surface area contributed by atoms with Gasteiger partial charge in [-0.15, -0.1) is 0 Å². The van der Waals surface area contributed by atoms with Crippen molar-refractivity contribution in [3.8, 4) is 5.75 Å². The van der Waals surface area contributed by atoms with Gasteiger partial charge in [-0.05, 0) is 37.1 Å². The van der Waals surface area contributed by atoms with Crippen LogP contribution in [0.25, 0.3) is 0 Å². The molecular formula is C15H24N2O2. The summed E-state index contributed by atoms with van der Waals surface area (Å²) < 4.78 is 5.31. The molecule has 106 valence electrons. The van der Waals surface area contributed by atoms with Gasteiger partial charge in [0, 0.05) is 13.6 Å². The molecule has 1 aromatic carbocycles. The number of benzene rings is 1. The molecule has 0 heterocycles. The van der Waals surface area contributed by atoms with Crippen molar-refractivity contribution in [3.63, 3.8) is 0 Å². The van der Waals surface area contributed by atoms with Crippen molar-refractivity contribution in [1.29, 1.82) is 0 Å². The van der Waals surface area contributed by atoms with Crippen molar-refractivity contribution in [2.45, 2.75) is 19.8 Å². The first-order chi connectivity index (χ1) is 9.12. The van der Waals surface area contributed by atoms with Crippen molar-refractivity contribution in [1.82, 2.24) is 10.2 Å². The van der Waals surface area contributed by atoms with Crippen LogP contribution >= 0.6 is 0 Å². The third kappa shape index (κ3) is 4.56. The first kappa shape index (κ1) is 15.5. The van der Waals surface area contributed by atoms with Gasteiger partial charge in [0.05, 0.1) is 13.7 Å². The van der Waals surface area contributed by atoms with E-state index in [2.05, 4.69) is 24.4 Å². The van der Waals surface area contributed by atoms with Crippen LogP contribution in [0.2, 0.25) is 0 Å². The van der Waals surface area contributed by atoms with Gasteiger partial charge in [-0.1, -0.05) is 19.1 Å². The third-order valence-corrected chi connectivity index (χ3v) is 3.22. The summed E-state index contributed by atoms with van der Waals surface area (Å²) in [6.45, 7) is 3.24. The van der Waals surface area contributed by atoms with E-state index in [4.69, 9.17) is 4.74 Å². The summed E-state index contributed by atoms with van der Waals surface area (Å²) in [5.74, 6) is 1.05. The number of carbonyl (C=O) groups is 1. The Bertz CT molecular complexity index is 419. The minimum Gasteiger partial charge on any atom is -0.496 e. The Morgan fingerprint density at radius 2 is 2.16 bits per heavy atom. The second-order valence-electron chi connectivity index (χ2n) is 4.60. The van der Waals surface area contributed by atoms with Gasteiger partial charge in [-0.25, -0.2) is 0 Å². The fraction of sp³-hybridized carbons (Fsp3) is 0.533. The standard InChI is InChI=1S/C15H24N2O2/c1-5-13-10-12(6-7-14(13)19-4)8-9-17(3)15(18)11-16-2/h6-7,10,16H,5,8-9,11H2,1-4H3. The summed E-state index contributed by atoms with van der Waals surface area (Å²) >= 11 is 0. The van der Waals surface area contributed by atoms with Gasteiger partial charge in [-0.3, -0.25) is 4.79 Å². The van der Waals surface area contributed by atoms with Gasteiger partial charge in [0.1, 0.15) is 5.75 Å². The second kappa shape index (κ2) is 7.79. The Morgan fingerprint density at radius 3 is 2.74 bits per heavy atom. The maximum absolute atomic E-state index is 11.6. The highest BCUT2D eigenvalue weighted by atomic mass is 16.5. The zero-order valence-electron chi connectivity index (χ0n) is 12.3. The molecule has 0 radical (unpaired) electrons. The van der Waals surface area contributed by atoms with E-state index in [0.29, 0.717) is 6.54 Å². The van der Waals surface area contributed by atoms with Gasteiger partial charge in [-0.2, -0.15) is 0 Å². The molecule has 19 heavy (non-hydrogen) atoms. The minimum absolute atomic E-state index is 0.117. The molecule has 0 saturated carbocycles. The minimum atomic E-state index is 0.117. The largest absolute Gasteiger partial charge is 0.496 e. The number of carbonyl (C=O) groups excluding carboxylic acids is 1. The number of methoxy groups -OCH3 is 1. The molecule has 0 fully saturated rings. The molecule has 0 aliphatic carbocycles. The summed E-state index contributed by atoms with van der Waals surface area (Å²) in [7, 11) is 5.31. The number of likely N-dealkylation sites (N-methyl/N-ethyl adjacent to an activating group) is 2. The monoisotopic (exact) mass is 264 g/mol. The van der Waals surface area contributed by atoms with Crippen LogP contribution in [0.4, 0.5) is 0 Å². The average molecular weight is 264 g/mol. The Morgan fingerprint density at radius 1 is 1.42 bits per heavy atom. The Balaban J connectivity index is 2.60. The Hall–Kier alpha value is -1.55. The lowest BCUT2D eigenvalue weighted by Gasteiger charge is -2.17. The summed E-state index contributed by atoms with van der Waals surface area (Å²) in [6, 6.07) is 6.23. The van der Waals surface area contributed by atoms with Gasteiger partial charge < -0.3 is 15.0 Å². The predicted octanol–water partition coefficient (Wildman–Crippen LogP) is 1.48. The molecule has 0 aliphatic heterocycles. The molecule has 4 nitrogen and oxygen atoms in total. The van der Waals surface area contributed by atoms with Crippen molar-refractivity contribution in [3.05, 3.63) is 29.3 Å². The summed E-state index contributed by atoms with van der Waals surface area (Å²) in [5.41, 5.74) is 2.45. The number of hydrogen-bond donors (Lipinski definition) is 1. The number of amides is 1. The molecule has 1 rings (SSSR count). The van der Waals surface area contributed by atoms with E-state index in [1.54, 1.807) is 19.1 Å². The lowest BCUT2D eigenvalue weighted by molar-refractivity contribution is -0.128. The normalized spacial score (nSPS) is 10.3. The molecule has 0 aliphatic rings. The molecule has 0 unspecified atom stereocenters. The van der Waals surface area contributed by atoms with Crippen LogP contribution in [0.15, 0.2) is 18.2 Å². The molecule has 1 amide bonds. The van der Waals surface area contributed by atoms with Gasteiger partial charge in [0.2, 0.25) is 5.91 Å². The number of rotatable bonds is 7. The van der Waals surface area contributed by atoms with Crippen molar-refractivity contribution in [2.75, 3.05) is 34.3 Å². The molecular weight excluding hydrogens is 240 g/mol. The molecule has 1 aromatic rings. The van der Waals surface area contributed by atoms with Crippen molar-refractivity contribution in [2.24, 2.45) is 0 Å². The van der Waals surface area contributed by atoms with E-state index < -0.39 is 0 Å². The summed E-state index contributed by atoms with van der Waals surface area (Å²) in [5, 5.41) is 2.87. The third-order valence-electron chi connectivity index (χ3n) is 3.22. The Labute approximate surface area is 115 Å². The van der Waals surface area contributed by atoms with Crippen LogP contribution in [0.5, 0.6) is 5.75 Å². The molecule has 0 aromatic heterocycles. The molecule has 0 atom stereocenters. The highest BCUT2D eigenvalue weighted by molar-refractivity contribution is 5.77. The summed E-state index contributed by atoms with van der Waals surface area (Å²) in [6.07, 6.45) is 1.81. The van der Waals surface area contributed by atoms with Crippen LogP contribution in [0, 0.1) is 0 Å². The van der Waals surface area contributed by atoms with Crippen LogP contribution in [0.1, 0.15) is 18.1 Å². The van der Waals surface area contributed by atoms with Crippen molar-refractivity contribution >= 4 is 5.91 Å². The average Bonchev–Trinajstić information content (AvgIpc) is 2.44. The zero-order valence-corrected chi connectivity index (χ0v) is 12.3. The predicted molar refractivity (Wildman–Crippen MR) is 77.6 cm³/mol. The van der Waals surface area contributed by atoms with Crippen LogP contribution in [0.3, 0.4) is 0 Å². The fourth-order valence-corrected chi connectivity index (χ4v) is 1.97. The number of aryl methyl sites for hydroxylation is 1. The Kier molecular flexibility index (Phi) is 6.36. The maximum atomic E-state index is 11.6. The van der Waals surface area contributed by atoms with E-state index in [9.17, 15) is 4.79 Å². The van der Waals surface area contributed by atoms with Crippen LogP contribution in [-0.4, -0.2) is 45.1 Å². The summed E-state index contributed by atoms with van der Waals surface area (Å²) in [4.78, 5) is 13.4. The van der Waals surface area contributed by atoms with Gasteiger partial charge in [0.25, 0.3) is 0 Å². The molecule has 0 spiro atoms. The van der Waals surface area contributed by atoms with E-state index in [0.717, 1.165) is 25.1 Å². The molecule has 0 saturated heterocycles. The quantitative estimate of drug-likeness (QED) is 0.811. The van der Waals surface area contributed by atoms with E-state index in [-0.39, 0.29) is 5.91 Å². The lowest BCUT2D eigenvalue weighted by atomic mass is 10.1. The van der Waals surface area contributed by atoms with Gasteiger partial charge >= 0.3 is 0 Å². The zero-order chi connectivity index (χ0) is 14.3. The van der Waals surface area contributed by atoms with E-state index >= 15 is 0 Å². The topological polar surface area (TPSA) is 41.6 Å². The van der Waals surface area contributed by atoms with E-state index in [1.165, 1.54) is 11.1 Å². The fourth-order valence-electron chi connectivity index (χ4n) is 1.97. The van der Waals surface area contributed by atoms with Crippen molar-refractivity contribution < 1.29 is 9.53 Å². The highest BCUT2D eigenvalue weighted by Gasteiger charge is 2.08. The number of nitrogens with zero attached hydrogens (tertiary/aromatic N) is 1. The maximum Gasteiger partial charge on any atom is 0.236 e. The first-order valence-electron chi connectivity index (χ1n) is 6.66. The molecule has 0 bridgehead atoms. The number of hydrogen-bond acceptors (Lipinski definition) is 3. The SMILES string of the molecule is CCc1cc(CCN(C)C(=O)CNC)ccc1OC. The smallest absolute Gasteiger partial charge is 0.236 e. The first-order valence-corrected chi connectivity index (χ1v) is 6.66. The number of ether oxygens (including phenoxy) is 1. The lowest BCUT2D eigenvalue weighted by Crippen LogP contribution is -2.35. The van der Waals surface area contributed by atoms with E-state index in [1.807, 2.05) is 13.1 Å². The molecule has 4 heteroatoms. The van der Waals surface area contributed by atoms with Crippen LogP contribution < -0.4 is 10.1 Å². The number of nitrogens with one attached hydrogen (secondary N) is 1. The molecule has 1 N–H and O–H groups in total. The van der Waals surface area contributed by atoms with Crippen LogP contribution in [-0.2, 0) is 17.6 Å². The van der Waals surface area contributed by atoms with Gasteiger partial charge in [0.15, 0.2) is 0 Å².